The monoisotopic (exact) mass is 230 g/mol. The van der Waals surface area contributed by atoms with Crippen molar-refractivity contribution in [3.63, 3.8) is 0 Å². The molecule has 17 heavy (non-hydrogen) atoms. The molecule has 1 heterocycles. The van der Waals surface area contributed by atoms with Crippen molar-refractivity contribution in [2.75, 3.05) is 13.1 Å². The highest BCUT2D eigenvalue weighted by Gasteiger charge is 2.15. The van der Waals surface area contributed by atoms with E-state index < -0.39 is 0 Å². The first kappa shape index (κ1) is 11.9. The minimum Gasteiger partial charge on any atom is -0.358 e. The lowest BCUT2D eigenvalue weighted by molar-refractivity contribution is 0.0993. The average molecular weight is 230 g/mol. The third-order valence-corrected chi connectivity index (χ3v) is 3.04. The number of para-hydroxylation sites is 1. The van der Waals surface area contributed by atoms with Crippen LogP contribution >= 0.6 is 0 Å². The predicted molar refractivity (Wildman–Crippen MR) is 70.6 cm³/mol. The molecule has 0 aliphatic heterocycles. The van der Waals surface area contributed by atoms with E-state index in [9.17, 15) is 4.79 Å². The zero-order valence-corrected chi connectivity index (χ0v) is 10.6. The minimum absolute atomic E-state index is 0.154. The van der Waals surface area contributed by atoms with E-state index in [1.54, 1.807) is 0 Å². The highest BCUT2D eigenvalue weighted by molar-refractivity contribution is 6.10. The first-order chi connectivity index (χ1) is 8.15. The molecule has 0 aliphatic carbocycles. The number of aromatic amines is 1. The highest BCUT2D eigenvalue weighted by Crippen LogP contribution is 2.24. The maximum Gasteiger partial charge on any atom is 0.179 e. The van der Waals surface area contributed by atoms with Crippen LogP contribution in [0, 0.1) is 13.8 Å². The molecule has 0 radical (unpaired) electrons. The lowest BCUT2D eigenvalue weighted by Crippen LogP contribution is -2.22. The molecule has 0 bridgehead atoms. The van der Waals surface area contributed by atoms with Crippen LogP contribution in [0.15, 0.2) is 18.2 Å². The summed E-state index contributed by atoms with van der Waals surface area (Å²) in [7, 11) is 0. The number of fused-ring (bicyclic) bond motifs is 1. The van der Waals surface area contributed by atoms with Gasteiger partial charge in [-0.3, -0.25) is 4.79 Å². The maximum atomic E-state index is 12.1. The number of ketones is 1. The van der Waals surface area contributed by atoms with E-state index >= 15 is 0 Å². The maximum absolute atomic E-state index is 12.1. The van der Waals surface area contributed by atoms with Gasteiger partial charge in [0.05, 0.1) is 6.54 Å². The van der Waals surface area contributed by atoms with Crippen molar-refractivity contribution in [1.82, 2.24) is 10.3 Å². The van der Waals surface area contributed by atoms with Gasteiger partial charge in [-0.15, -0.1) is 0 Å². The lowest BCUT2D eigenvalue weighted by Gasteiger charge is -2.02. The van der Waals surface area contributed by atoms with Gasteiger partial charge in [0, 0.05) is 22.2 Å². The summed E-state index contributed by atoms with van der Waals surface area (Å²) in [6.07, 6.45) is 0. The van der Waals surface area contributed by atoms with Crippen LogP contribution in [0.2, 0.25) is 0 Å². The summed E-state index contributed by atoms with van der Waals surface area (Å²) in [4.78, 5) is 15.4. The van der Waals surface area contributed by atoms with Crippen LogP contribution in [-0.4, -0.2) is 23.9 Å². The van der Waals surface area contributed by atoms with E-state index in [0.717, 1.165) is 28.7 Å². The van der Waals surface area contributed by atoms with Gasteiger partial charge < -0.3 is 10.3 Å². The molecule has 3 nitrogen and oxygen atoms in total. The van der Waals surface area contributed by atoms with Crippen LogP contribution in [0.1, 0.15) is 28.5 Å². The van der Waals surface area contributed by atoms with Crippen molar-refractivity contribution in [3.05, 3.63) is 35.0 Å². The molecule has 0 saturated heterocycles. The molecule has 2 aromatic rings. The second-order valence-corrected chi connectivity index (χ2v) is 4.33. The fourth-order valence-electron chi connectivity index (χ4n) is 2.18. The molecule has 0 aliphatic rings. The second-order valence-electron chi connectivity index (χ2n) is 4.33. The Bertz CT molecular complexity index is 555. The molecule has 90 valence electrons. The summed E-state index contributed by atoms with van der Waals surface area (Å²) in [5.41, 5.74) is 4.03. The van der Waals surface area contributed by atoms with Crippen molar-refractivity contribution in [3.8, 4) is 0 Å². The molecule has 0 saturated carbocycles. The number of nitrogens with one attached hydrogen (secondary N) is 2. The van der Waals surface area contributed by atoms with E-state index in [1.165, 1.54) is 5.56 Å². The molecule has 0 fully saturated rings. The first-order valence-corrected chi connectivity index (χ1v) is 5.97. The number of carbonyl (C=O) groups is 1. The number of Topliss-reactive ketones (excluding diaryl/α,β-unsaturated/α-hetero) is 1. The number of aryl methyl sites for hydroxylation is 2. The Kier molecular flexibility index (Phi) is 3.29. The van der Waals surface area contributed by atoms with E-state index in [0.29, 0.717) is 6.54 Å². The number of benzene rings is 1. The van der Waals surface area contributed by atoms with Gasteiger partial charge in [0.2, 0.25) is 0 Å². The number of likely N-dealkylation sites (N-methyl/N-ethyl adjacent to an activating group) is 1. The summed E-state index contributed by atoms with van der Waals surface area (Å²) in [6, 6.07) is 6.05. The van der Waals surface area contributed by atoms with Gasteiger partial charge in [-0.25, -0.2) is 0 Å². The molecular formula is C14H18N2O. The molecule has 1 aromatic carbocycles. The summed E-state index contributed by atoms with van der Waals surface area (Å²) in [6.45, 7) is 7.22. The van der Waals surface area contributed by atoms with Crippen LogP contribution in [0.25, 0.3) is 10.9 Å². The normalized spacial score (nSPS) is 11.0. The fraction of sp³-hybridized carbons (Fsp3) is 0.357. The van der Waals surface area contributed by atoms with Gasteiger partial charge in [0.15, 0.2) is 5.78 Å². The molecule has 0 amide bonds. The van der Waals surface area contributed by atoms with Crippen LogP contribution in [0.5, 0.6) is 0 Å². The second kappa shape index (κ2) is 4.72. The Morgan fingerprint density at radius 2 is 2.12 bits per heavy atom. The number of hydrogen-bond acceptors (Lipinski definition) is 2. The quantitative estimate of drug-likeness (QED) is 0.793. The Morgan fingerprint density at radius 3 is 2.82 bits per heavy atom. The number of carbonyl (C=O) groups excluding carboxylic acids is 1. The van der Waals surface area contributed by atoms with Gasteiger partial charge >= 0.3 is 0 Å². The first-order valence-electron chi connectivity index (χ1n) is 5.97. The Morgan fingerprint density at radius 1 is 1.35 bits per heavy atom. The van der Waals surface area contributed by atoms with Gasteiger partial charge in [0.25, 0.3) is 0 Å². The summed E-state index contributed by atoms with van der Waals surface area (Å²) in [5.74, 6) is 0.154. The van der Waals surface area contributed by atoms with Gasteiger partial charge in [-0.1, -0.05) is 25.1 Å². The van der Waals surface area contributed by atoms with E-state index in [4.69, 9.17) is 0 Å². The summed E-state index contributed by atoms with van der Waals surface area (Å²) in [5, 5.41) is 4.11. The number of rotatable bonds is 4. The molecule has 0 spiro atoms. The van der Waals surface area contributed by atoms with Crippen molar-refractivity contribution >= 4 is 16.7 Å². The summed E-state index contributed by atoms with van der Waals surface area (Å²) < 4.78 is 0. The van der Waals surface area contributed by atoms with Crippen molar-refractivity contribution < 1.29 is 4.79 Å². The van der Waals surface area contributed by atoms with Crippen LogP contribution in [0.4, 0.5) is 0 Å². The standard InChI is InChI=1S/C14H18N2O/c1-4-15-8-12(17)13-10(3)16-14-9(2)6-5-7-11(13)14/h5-7,15-16H,4,8H2,1-3H3. The number of aromatic nitrogens is 1. The molecule has 3 heteroatoms. The molecule has 1 aromatic heterocycles. The third-order valence-electron chi connectivity index (χ3n) is 3.04. The SMILES string of the molecule is CCNCC(=O)c1c(C)[nH]c2c(C)cccc12. The van der Waals surface area contributed by atoms with Crippen molar-refractivity contribution in [1.29, 1.82) is 0 Å². The largest absolute Gasteiger partial charge is 0.358 e. The summed E-state index contributed by atoms with van der Waals surface area (Å²) >= 11 is 0. The molecule has 0 atom stereocenters. The zero-order chi connectivity index (χ0) is 12.4. The number of hydrogen-bond donors (Lipinski definition) is 2. The van der Waals surface area contributed by atoms with Crippen LogP contribution in [0.3, 0.4) is 0 Å². The fourth-order valence-corrected chi connectivity index (χ4v) is 2.18. The molecule has 0 unspecified atom stereocenters. The predicted octanol–water partition coefficient (Wildman–Crippen LogP) is 2.58. The van der Waals surface area contributed by atoms with Crippen LogP contribution < -0.4 is 5.32 Å². The topological polar surface area (TPSA) is 44.9 Å². The highest BCUT2D eigenvalue weighted by atomic mass is 16.1. The Labute approximate surface area is 101 Å². The van der Waals surface area contributed by atoms with Crippen molar-refractivity contribution in [2.24, 2.45) is 0 Å². The molecular weight excluding hydrogens is 212 g/mol. The van der Waals surface area contributed by atoms with Gasteiger partial charge in [0.1, 0.15) is 0 Å². The molecule has 2 rings (SSSR count). The zero-order valence-electron chi connectivity index (χ0n) is 10.6. The van der Waals surface area contributed by atoms with Crippen LogP contribution in [-0.2, 0) is 0 Å². The molecule has 2 N–H and O–H groups in total. The minimum atomic E-state index is 0.154. The van der Waals surface area contributed by atoms with Gasteiger partial charge in [-0.05, 0) is 26.0 Å². The third kappa shape index (κ3) is 2.11. The Balaban J connectivity index is 2.50. The Hall–Kier alpha value is -1.61. The van der Waals surface area contributed by atoms with E-state index in [-0.39, 0.29) is 5.78 Å². The van der Waals surface area contributed by atoms with Gasteiger partial charge in [-0.2, -0.15) is 0 Å². The lowest BCUT2D eigenvalue weighted by atomic mass is 10.0. The van der Waals surface area contributed by atoms with Crippen molar-refractivity contribution in [2.45, 2.75) is 20.8 Å². The number of H-pyrrole nitrogens is 1. The van der Waals surface area contributed by atoms with E-state index in [2.05, 4.69) is 23.3 Å². The smallest absolute Gasteiger partial charge is 0.179 e. The average Bonchev–Trinajstić information content (AvgIpc) is 2.64. The van der Waals surface area contributed by atoms with E-state index in [1.807, 2.05) is 26.0 Å².